The van der Waals surface area contributed by atoms with E-state index in [2.05, 4.69) is 15.6 Å². The average Bonchev–Trinajstić information content (AvgIpc) is 2.80. The van der Waals surface area contributed by atoms with Gasteiger partial charge in [0.05, 0.1) is 6.61 Å². The van der Waals surface area contributed by atoms with E-state index in [1.165, 1.54) is 0 Å². The van der Waals surface area contributed by atoms with E-state index in [0.717, 1.165) is 12.1 Å². The molecule has 15 heavy (non-hydrogen) atoms. The number of amides is 1. The van der Waals surface area contributed by atoms with Gasteiger partial charge in [0.1, 0.15) is 6.10 Å². The fraction of sp³-hybridized carbons (Fsp3) is 0.500. The monoisotopic (exact) mass is 209 g/mol. The molecule has 1 atom stereocenters. The summed E-state index contributed by atoms with van der Waals surface area (Å²) in [5.74, 6) is -0.0524. The molecule has 1 saturated heterocycles. The van der Waals surface area contributed by atoms with E-state index in [1.807, 2.05) is 18.5 Å². The Hall–Kier alpha value is -1.33. The van der Waals surface area contributed by atoms with Gasteiger partial charge in [0, 0.05) is 32.0 Å². The summed E-state index contributed by atoms with van der Waals surface area (Å²) >= 11 is 0. The van der Waals surface area contributed by atoms with Crippen LogP contribution in [0.1, 0.15) is 5.56 Å². The fourth-order valence-corrected chi connectivity index (χ4v) is 1.51. The van der Waals surface area contributed by atoms with Gasteiger partial charge < -0.3 is 20.4 Å². The van der Waals surface area contributed by atoms with Crippen molar-refractivity contribution >= 4 is 5.91 Å². The van der Waals surface area contributed by atoms with Crippen molar-refractivity contribution < 1.29 is 9.53 Å². The zero-order valence-electron chi connectivity index (χ0n) is 8.45. The molecule has 0 aromatic carbocycles. The predicted octanol–water partition coefficient (Wildman–Crippen LogP) is -0.381. The number of rotatable bonds is 3. The number of H-pyrrole nitrogens is 1. The van der Waals surface area contributed by atoms with E-state index in [9.17, 15) is 4.79 Å². The van der Waals surface area contributed by atoms with Crippen molar-refractivity contribution in [2.45, 2.75) is 12.6 Å². The summed E-state index contributed by atoms with van der Waals surface area (Å²) in [6, 6.07) is 1.93. The van der Waals surface area contributed by atoms with Crippen LogP contribution >= 0.6 is 0 Å². The molecule has 1 aliphatic rings. The first-order chi connectivity index (χ1) is 7.36. The molecular formula is C10H15N3O2. The summed E-state index contributed by atoms with van der Waals surface area (Å²) in [5, 5.41) is 5.95. The molecule has 3 N–H and O–H groups in total. The number of morpholine rings is 1. The first-order valence-corrected chi connectivity index (χ1v) is 5.08. The highest BCUT2D eigenvalue weighted by Crippen LogP contribution is 1.98. The van der Waals surface area contributed by atoms with Crippen molar-refractivity contribution in [3.05, 3.63) is 24.0 Å². The summed E-state index contributed by atoms with van der Waals surface area (Å²) in [6.45, 7) is 2.56. The maximum Gasteiger partial charge on any atom is 0.250 e. The number of ether oxygens (including phenoxy) is 1. The highest BCUT2D eigenvalue weighted by atomic mass is 16.5. The highest BCUT2D eigenvalue weighted by molar-refractivity contribution is 5.81. The van der Waals surface area contributed by atoms with Crippen LogP contribution in [-0.4, -0.2) is 36.7 Å². The second kappa shape index (κ2) is 4.95. The Morgan fingerprint density at radius 1 is 1.67 bits per heavy atom. The zero-order valence-corrected chi connectivity index (χ0v) is 8.45. The van der Waals surface area contributed by atoms with Crippen molar-refractivity contribution in [2.24, 2.45) is 0 Å². The number of aromatic amines is 1. The quantitative estimate of drug-likeness (QED) is 0.635. The largest absolute Gasteiger partial charge is 0.367 e. The first kappa shape index (κ1) is 10.2. The van der Waals surface area contributed by atoms with Crippen LogP contribution in [0.5, 0.6) is 0 Å². The topological polar surface area (TPSA) is 66.2 Å². The number of hydrogen-bond acceptors (Lipinski definition) is 3. The van der Waals surface area contributed by atoms with Crippen molar-refractivity contribution in [1.82, 2.24) is 15.6 Å². The standard InChI is InChI=1S/C10H15N3O2/c14-10(9-7-12-3-4-15-9)13-6-8-1-2-11-5-8/h1-2,5,9,11-12H,3-4,6-7H2,(H,13,14). The van der Waals surface area contributed by atoms with Gasteiger partial charge in [-0.3, -0.25) is 4.79 Å². The summed E-state index contributed by atoms with van der Waals surface area (Å²) in [4.78, 5) is 14.5. The minimum atomic E-state index is -0.349. The van der Waals surface area contributed by atoms with E-state index in [-0.39, 0.29) is 12.0 Å². The second-order valence-corrected chi connectivity index (χ2v) is 3.50. The lowest BCUT2D eigenvalue weighted by molar-refractivity contribution is -0.134. The van der Waals surface area contributed by atoms with Crippen LogP contribution in [0.25, 0.3) is 0 Å². The molecule has 0 radical (unpaired) electrons. The van der Waals surface area contributed by atoms with Crippen LogP contribution in [-0.2, 0) is 16.1 Å². The molecule has 1 fully saturated rings. The predicted molar refractivity (Wildman–Crippen MR) is 55.2 cm³/mol. The lowest BCUT2D eigenvalue weighted by atomic mass is 10.2. The van der Waals surface area contributed by atoms with Gasteiger partial charge in [-0.05, 0) is 11.6 Å². The fourth-order valence-electron chi connectivity index (χ4n) is 1.51. The van der Waals surface area contributed by atoms with Gasteiger partial charge in [0.2, 0.25) is 0 Å². The van der Waals surface area contributed by atoms with Gasteiger partial charge in [0.15, 0.2) is 0 Å². The zero-order chi connectivity index (χ0) is 10.5. The molecule has 82 valence electrons. The molecule has 0 saturated carbocycles. The minimum absolute atomic E-state index is 0.0524. The maximum atomic E-state index is 11.6. The summed E-state index contributed by atoms with van der Waals surface area (Å²) < 4.78 is 5.33. The molecule has 2 heterocycles. The lowest BCUT2D eigenvalue weighted by Crippen LogP contribution is -2.47. The van der Waals surface area contributed by atoms with Gasteiger partial charge in [0.25, 0.3) is 5.91 Å². The summed E-state index contributed by atoms with van der Waals surface area (Å²) in [5.41, 5.74) is 1.06. The van der Waals surface area contributed by atoms with Crippen LogP contribution in [0.4, 0.5) is 0 Å². The molecule has 1 aromatic rings. The summed E-state index contributed by atoms with van der Waals surface area (Å²) in [7, 11) is 0. The molecule has 2 rings (SSSR count). The number of carbonyl (C=O) groups is 1. The molecule has 5 heteroatoms. The Morgan fingerprint density at radius 2 is 2.60 bits per heavy atom. The number of aromatic nitrogens is 1. The smallest absolute Gasteiger partial charge is 0.250 e. The van der Waals surface area contributed by atoms with E-state index in [4.69, 9.17) is 4.74 Å². The third-order valence-electron chi connectivity index (χ3n) is 2.35. The van der Waals surface area contributed by atoms with Gasteiger partial charge in [-0.25, -0.2) is 0 Å². The van der Waals surface area contributed by atoms with Crippen LogP contribution in [0.15, 0.2) is 18.5 Å². The van der Waals surface area contributed by atoms with E-state index in [0.29, 0.717) is 19.7 Å². The molecule has 0 bridgehead atoms. The Bertz CT molecular complexity index is 304. The van der Waals surface area contributed by atoms with E-state index < -0.39 is 0 Å². The first-order valence-electron chi connectivity index (χ1n) is 5.08. The van der Waals surface area contributed by atoms with Crippen LogP contribution in [0, 0.1) is 0 Å². The van der Waals surface area contributed by atoms with Crippen LogP contribution in [0.3, 0.4) is 0 Å². The van der Waals surface area contributed by atoms with Crippen LogP contribution in [0.2, 0.25) is 0 Å². The minimum Gasteiger partial charge on any atom is -0.367 e. The SMILES string of the molecule is O=C(NCc1cc[nH]c1)C1CNCCO1. The maximum absolute atomic E-state index is 11.6. The molecule has 1 aromatic heterocycles. The molecule has 0 spiro atoms. The molecule has 1 aliphatic heterocycles. The number of carbonyl (C=O) groups excluding carboxylic acids is 1. The Kier molecular flexibility index (Phi) is 3.37. The number of hydrogen-bond donors (Lipinski definition) is 3. The average molecular weight is 209 g/mol. The van der Waals surface area contributed by atoms with E-state index >= 15 is 0 Å². The van der Waals surface area contributed by atoms with Crippen molar-refractivity contribution in [3.8, 4) is 0 Å². The van der Waals surface area contributed by atoms with Gasteiger partial charge in [-0.15, -0.1) is 0 Å². The van der Waals surface area contributed by atoms with E-state index in [1.54, 1.807) is 0 Å². The molecule has 1 unspecified atom stereocenters. The molecule has 5 nitrogen and oxygen atoms in total. The Morgan fingerprint density at radius 3 is 3.27 bits per heavy atom. The normalized spacial score (nSPS) is 21.2. The Labute approximate surface area is 88.2 Å². The molecular weight excluding hydrogens is 194 g/mol. The summed E-state index contributed by atoms with van der Waals surface area (Å²) in [6.07, 6.45) is 3.35. The van der Waals surface area contributed by atoms with Crippen LogP contribution < -0.4 is 10.6 Å². The third-order valence-corrected chi connectivity index (χ3v) is 2.35. The van der Waals surface area contributed by atoms with Gasteiger partial charge in [-0.2, -0.15) is 0 Å². The second-order valence-electron chi connectivity index (χ2n) is 3.50. The Balaban J connectivity index is 1.76. The third kappa shape index (κ3) is 2.81. The van der Waals surface area contributed by atoms with Gasteiger partial charge in [-0.1, -0.05) is 0 Å². The van der Waals surface area contributed by atoms with Crippen molar-refractivity contribution in [3.63, 3.8) is 0 Å². The lowest BCUT2D eigenvalue weighted by Gasteiger charge is -2.22. The van der Waals surface area contributed by atoms with Gasteiger partial charge >= 0.3 is 0 Å². The molecule has 1 amide bonds. The number of nitrogens with one attached hydrogen (secondary N) is 3. The highest BCUT2D eigenvalue weighted by Gasteiger charge is 2.20. The van der Waals surface area contributed by atoms with Crippen molar-refractivity contribution in [1.29, 1.82) is 0 Å². The van der Waals surface area contributed by atoms with Crippen molar-refractivity contribution in [2.75, 3.05) is 19.7 Å². The molecule has 0 aliphatic carbocycles.